The van der Waals surface area contributed by atoms with Gasteiger partial charge < -0.3 is 9.13 Å². The first-order valence-electron chi connectivity index (χ1n) is 22.9. The number of fused-ring (bicyclic) bond motifs is 6. The summed E-state index contributed by atoms with van der Waals surface area (Å²) in [5.41, 5.74) is 15.6. The van der Waals surface area contributed by atoms with Crippen molar-refractivity contribution in [2.45, 2.75) is 0 Å². The first kappa shape index (κ1) is 39.1. The molecular formula is C62H40N6. The Hall–Kier alpha value is -9.26. The molecule has 0 unspecified atom stereocenters. The van der Waals surface area contributed by atoms with Gasteiger partial charge in [-0.15, -0.1) is 0 Å². The Balaban J connectivity index is 1.05. The van der Waals surface area contributed by atoms with Gasteiger partial charge in [0.15, 0.2) is 17.5 Å². The summed E-state index contributed by atoms with van der Waals surface area (Å²) in [5, 5.41) is 4.74. The van der Waals surface area contributed by atoms with Gasteiger partial charge in [0.05, 0.1) is 33.4 Å². The molecule has 6 nitrogen and oxygen atoms in total. The van der Waals surface area contributed by atoms with Crippen molar-refractivity contribution in [3.8, 4) is 79.0 Å². The zero-order valence-electron chi connectivity index (χ0n) is 36.8. The van der Waals surface area contributed by atoms with Crippen LogP contribution >= 0.6 is 0 Å². The van der Waals surface area contributed by atoms with Gasteiger partial charge in [-0.1, -0.05) is 170 Å². The number of pyridine rings is 1. The van der Waals surface area contributed by atoms with Gasteiger partial charge in [-0.3, -0.25) is 4.98 Å². The summed E-state index contributed by atoms with van der Waals surface area (Å²) in [5.74, 6) is 1.80. The Kier molecular flexibility index (Phi) is 9.39. The van der Waals surface area contributed by atoms with Crippen LogP contribution in [-0.2, 0) is 0 Å². The molecule has 0 aliphatic carbocycles. The van der Waals surface area contributed by atoms with E-state index in [0.29, 0.717) is 17.5 Å². The highest BCUT2D eigenvalue weighted by Crippen LogP contribution is 2.41. The molecule has 318 valence electrons. The molecule has 6 heteroatoms. The Bertz CT molecular complexity index is 3950. The summed E-state index contributed by atoms with van der Waals surface area (Å²) in [6.45, 7) is 0. The van der Waals surface area contributed by atoms with Crippen molar-refractivity contribution in [3.63, 3.8) is 0 Å². The molecule has 0 bridgehead atoms. The van der Waals surface area contributed by atoms with Crippen LogP contribution in [0, 0.1) is 0 Å². The second kappa shape index (κ2) is 16.3. The highest BCUT2D eigenvalue weighted by atomic mass is 15.0. The molecule has 13 rings (SSSR count). The highest BCUT2D eigenvalue weighted by Gasteiger charge is 2.21. The molecule has 0 N–H and O–H groups in total. The molecule has 0 saturated heterocycles. The number of benzene rings is 9. The van der Waals surface area contributed by atoms with Crippen LogP contribution in [0.15, 0.2) is 243 Å². The predicted octanol–water partition coefficient (Wildman–Crippen LogP) is 15.5. The monoisotopic (exact) mass is 868 g/mol. The molecule has 0 saturated carbocycles. The minimum absolute atomic E-state index is 0.577. The molecule has 0 aliphatic rings. The summed E-state index contributed by atoms with van der Waals surface area (Å²) in [4.78, 5) is 20.5. The van der Waals surface area contributed by atoms with Crippen molar-refractivity contribution >= 4 is 43.6 Å². The van der Waals surface area contributed by atoms with E-state index in [-0.39, 0.29) is 0 Å². The lowest BCUT2D eigenvalue weighted by atomic mass is 10.0. The molecule has 0 fully saturated rings. The third kappa shape index (κ3) is 6.74. The second-order valence-electron chi connectivity index (χ2n) is 17.1. The second-order valence-corrected chi connectivity index (χ2v) is 17.1. The molecule has 4 aromatic heterocycles. The average Bonchev–Trinajstić information content (AvgIpc) is 3.94. The fourth-order valence-electron chi connectivity index (χ4n) is 9.82. The quantitative estimate of drug-likeness (QED) is 0.153. The van der Waals surface area contributed by atoms with E-state index in [2.05, 4.69) is 185 Å². The van der Waals surface area contributed by atoms with Gasteiger partial charge in [0.2, 0.25) is 0 Å². The van der Waals surface area contributed by atoms with Gasteiger partial charge in [-0.2, -0.15) is 0 Å². The van der Waals surface area contributed by atoms with Crippen LogP contribution in [0.4, 0.5) is 0 Å². The summed E-state index contributed by atoms with van der Waals surface area (Å²) in [6, 6.07) is 83.3. The van der Waals surface area contributed by atoms with Gasteiger partial charge in [0, 0.05) is 55.7 Å². The molecule has 0 aliphatic heterocycles. The first-order chi connectivity index (χ1) is 33.7. The minimum Gasteiger partial charge on any atom is -0.309 e. The fourth-order valence-corrected chi connectivity index (χ4v) is 9.82. The van der Waals surface area contributed by atoms with Crippen molar-refractivity contribution in [2.75, 3.05) is 0 Å². The van der Waals surface area contributed by atoms with E-state index in [1.54, 1.807) is 0 Å². The van der Waals surface area contributed by atoms with Gasteiger partial charge in [0.25, 0.3) is 0 Å². The van der Waals surface area contributed by atoms with E-state index >= 15 is 0 Å². The Labute approximate surface area is 392 Å². The maximum absolute atomic E-state index is 5.20. The van der Waals surface area contributed by atoms with Crippen LogP contribution in [0.25, 0.3) is 123 Å². The summed E-state index contributed by atoms with van der Waals surface area (Å²) >= 11 is 0. The largest absolute Gasteiger partial charge is 0.309 e. The van der Waals surface area contributed by atoms with E-state index in [1.165, 1.54) is 43.8 Å². The maximum Gasteiger partial charge on any atom is 0.164 e. The molecule has 0 amide bonds. The van der Waals surface area contributed by atoms with Gasteiger partial charge in [-0.05, 0) is 89.0 Å². The van der Waals surface area contributed by atoms with Crippen LogP contribution in [-0.4, -0.2) is 29.1 Å². The van der Waals surface area contributed by atoms with Gasteiger partial charge >= 0.3 is 0 Å². The number of rotatable bonds is 8. The SMILES string of the molecule is c1ccc(-c2ccc3c(c2)c2ccccc2n3-c2ccnc(-c3cc(-c4nc(-c5ccccc5)nc(-c5ccccc5)n4)ccc3-n3c4ccccc4c4cc(-c5ccccc5)ccc43)c2)cc1. The minimum atomic E-state index is 0.577. The Morgan fingerprint density at radius 3 is 1.25 bits per heavy atom. The number of hydrogen-bond donors (Lipinski definition) is 0. The van der Waals surface area contributed by atoms with Crippen molar-refractivity contribution in [1.82, 2.24) is 29.1 Å². The van der Waals surface area contributed by atoms with Crippen LogP contribution in [0.3, 0.4) is 0 Å². The normalized spacial score (nSPS) is 11.5. The standard InChI is InChI=1S/C62H40N6/c1-5-17-41(18-6-1)45-29-32-57-51(37-45)49-25-13-15-27-55(49)67(57)48-35-36-63-54(40-48)53-39-47(62-65-60(43-21-9-3-10-22-43)64-61(66-62)44-23-11-4-12-24-44)31-34-59(53)68-56-28-16-14-26-50(56)52-38-46(30-33-58(52)68)42-19-7-2-8-20-42/h1-40H. The Morgan fingerprint density at radius 2 is 0.706 bits per heavy atom. The lowest BCUT2D eigenvalue weighted by molar-refractivity contribution is 1.07. The van der Waals surface area contributed by atoms with Crippen LogP contribution in [0.1, 0.15) is 0 Å². The number of aromatic nitrogens is 6. The fraction of sp³-hybridized carbons (Fsp3) is 0. The van der Waals surface area contributed by atoms with Crippen LogP contribution in [0.5, 0.6) is 0 Å². The van der Waals surface area contributed by atoms with E-state index in [1.807, 2.05) is 66.9 Å². The molecular weight excluding hydrogens is 829 g/mol. The number of hydrogen-bond acceptors (Lipinski definition) is 4. The molecule has 13 aromatic rings. The van der Waals surface area contributed by atoms with Crippen molar-refractivity contribution in [3.05, 3.63) is 243 Å². The van der Waals surface area contributed by atoms with Crippen LogP contribution in [0.2, 0.25) is 0 Å². The molecule has 9 aromatic carbocycles. The van der Waals surface area contributed by atoms with Gasteiger partial charge in [-0.25, -0.2) is 15.0 Å². The third-order valence-corrected chi connectivity index (χ3v) is 13.0. The van der Waals surface area contributed by atoms with Crippen molar-refractivity contribution in [1.29, 1.82) is 0 Å². The number of nitrogens with zero attached hydrogens (tertiary/aromatic N) is 6. The topological polar surface area (TPSA) is 61.4 Å². The average molecular weight is 869 g/mol. The highest BCUT2D eigenvalue weighted by molar-refractivity contribution is 6.12. The molecule has 0 radical (unpaired) electrons. The molecule has 4 heterocycles. The zero-order chi connectivity index (χ0) is 45.0. The summed E-state index contributed by atoms with van der Waals surface area (Å²) in [6.07, 6.45) is 1.93. The lowest BCUT2D eigenvalue weighted by Gasteiger charge is -2.17. The maximum atomic E-state index is 5.20. The van der Waals surface area contributed by atoms with E-state index < -0.39 is 0 Å². The Morgan fingerprint density at radius 1 is 0.279 bits per heavy atom. The zero-order valence-corrected chi connectivity index (χ0v) is 36.8. The summed E-state index contributed by atoms with van der Waals surface area (Å²) < 4.78 is 4.75. The van der Waals surface area contributed by atoms with E-state index in [0.717, 1.165) is 61.4 Å². The van der Waals surface area contributed by atoms with Crippen molar-refractivity contribution in [2.24, 2.45) is 0 Å². The third-order valence-electron chi connectivity index (χ3n) is 13.0. The summed E-state index contributed by atoms with van der Waals surface area (Å²) in [7, 11) is 0. The predicted molar refractivity (Wildman–Crippen MR) is 279 cm³/mol. The number of para-hydroxylation sites is 2. The van der Waals surface area contributed by atoms with E-state index in [4.69, 9.17) is 19.9 Å². The lowest BCUT2D eigenvalue weighted by Crippen LogP contribution is -2.03. The van der Waals surface area contributed by atoms with E-state index in [9.17, 15) is 0 Å². The first-order valence-corrected chi connectivity index (χ1v) is 22.9. The van der Waals surface area contributed by atoms with Gasteiger partial charge in [0.1, 0.15) is 0 Å². The van der Waals surface area contributed by atoms with Crippen LogP contribution < -0.4 is 0 Å². The molecule has 68 heavy (non-hydrogen) atoms. The van der Waals surface area contributed by atoms with Crippen molar-refractivity contribution < 1.29 is 0 Å². The molecule has 0 spiro atoms. The smallest absolute Gasteiger partial charge is 0.164 e. The molecule has 0 atom stereocenters.